The van der Waals surface area contributed by atoms with Gasteiger partial charge in [-0.1, -0.05) is 6.42 Å². The molecule has 0 radical (unpaired) electrons. The van der Waals surface area contributed by atoms with Crippen LogP contribution in [0.15, 0.2) is 6.07 Å². The molecule has 1 heterocycles. The van der Waals surface area contributed by atoms with Gasteiger partial charge in [-0.05, 0) is 45.6 Å². The van der Waals surface area contributed by atoms with Crippen molar-refractivity contribution >= 4 is 17.5 Å². The molecule has 1 aromatic heterocycles. The predicted octanol–water partition coefficient (Wildman–Crippen LogP) is 2.76. The highest BCUT2D eigenvalue weighted by Gasteiger charge is 2.41. The van der Waals surface area contributed by atoms with Crippen LogP contribution in [-0.4, -0.2) is 28.7 Å². The fourth-order valence-electron chi connectivity index (χ4n) is 4.14. The highest BCUT2D eigenvalue weighted by molar-refractivity contribution is 5.99. The van der Waals surface area contributed by atoms with E-state index in [2.05, 4.69) is 0 Å². The SMILES string of the molecule is Cc1cc(C(=O)COC(=O)C2C[C@@H]3CCC[C@@H](C2)C3=O)c(C)n1C. The third-order valence-corrected chi connectivity index (χ3v) is 5.80. The molecule has 3 rings (SSSR count). The summed E-state index contributed by atoms with van der Waals surface area (Å²) < 4.78 is 7.24. The molecule has 24 heavy (non-hydrogen) atoms. The topological polar surface area (TPSA) is 65.4 Å². The Morgan fingerprint density at radius 2 is 1.83 bits per heavy atom. The molecule has 2 saturated carbocycles. The normalized spacial score (nSPS) is 26.3. The number of carbonyl (C=O) groups is 3. The number of carbonyl (C=O) groups excluding carboxylic acids is 3. The number of fused-ring (bicyclic) bond motifs is 2. The number of hydrogen-bond acceptors (Lipinski definition) is 4. The van der Waals surface area contributed by atoms with Crippen LogP contribution in [0.4, 0.5) is 0 Å². The molecule has 2 aliphatic rings. The van der Waals surface area contributed by atoms with Gasteiger partial charge < -0.3 is 9.30 Å². The maximum Gasteiger partial charge on any atom is 0.309 e. The number of nitrogens with zero attached hydrogens (tertiary/aromatic N) is 1. The minimum atomic E-state index is -0.321. The highest BCUT2D eigenvalue weighted by Crippen LogP contribution is 2.40. The van der Waals surface area contributed by atoms with E-state index in [0.29, 0.717) is 24.2 Å². The molecule has 130 valence electrons. The van der Waals surface area contributed by atoms with E-state index in [-0.39, 0.29) is 36.1 Å². The van der Waals surface area contributed by atoms with Gasteiger partial charge in [0.15, 0.2) is 6.61 Å². The third-order valence-electron chi connectivity index (χ3n) is 5.80. The number of aromatic nitrogens is 1. The lowest BCUT2D eigenvalue weighted by atomic mass is 9.67. The Balaban J connectivity index is 1.58. The van der Waals surface area contributed by atoms with Crippen LogP contribution in [0.1, 0.15) is 53.8 Å². The maximum atomic E-state index is 12.3. The van der Waals surface area contributed by atoms with Gasteiger partial charge in [-0.25, -0.2) is 0 Å². The Kier molecular flexibility index (Phi) is 4.61. The van der Waals surface area contributed by atoms with Gasteiger partial charge in [0.1, 0.15) is 5.78 Å². The van der Waals surface area contributed by atoms with E-state index in [0.717, 1.165) is 30.7 Å². The van der Waals surface area contributed by atoms with E-state index < -0.39 is 0 Å². The van der Waals surface area contributed by atoms with Crippen LogP contribution >= 0.6 is 0 Å². The van der Waals surface area contributed by atoms with Crippen LogP contribution in [0, 0.1) is 31.6 Å². The van der Waals surface area contributed by atoms with Crippen molar-refractivity contribution in [2.75, 3.05) is 6.61 Å². The summed E-state index contributed by atoms with van der Waals surface area (Å²) in [6, 6.07) is 1.83. The van der Waals surface area contributed by atoms with Gasteiger partial charge in [0.2, 0.25) is 5.78 Å². The number of ketones is 2. The minimum Gasteiger partial charge on any atom is -0.457 e. The van der Waals surface area contributed by atoms with Crippen LogP contribution in [-0.2, 0) is 21.4 Å². The average molecular weight is 331 g/mol. The van der Waals surface area contributed by atoms with Crippen molar-refractivity contribution in [2.24, 2.45) is 24.8 Å². The van der Waals surface area contributed by atoms with Crippen molar-refractivity contribution in [1.29, 1.82) is 0 Å². The molecule has 5 heteroatoms. The summed E-state index contributed by atoms with van der Waals surface area (Å²) >= 11 is 0. The van der Waals surface area contributed by atoms with Crippen LogP contribution in [0.25, 0.3) is 0 Å². The molecule has 2 atom stereocenters. The van der Waals surface area contributed by atoms with Crippen molar-refractivity contribution in [2.45, 2.75) is 46.0 Å². The van der Waals surface area contributed by atoms with Crippen LogP contribution in [0.2, 0.25) is 0 Å². The standard InChI is InChI=1S/C19H25NO4/c1-11-7-16(12(2)20(11)3)17(21)10-24-19(23)15-8-13-5-4-6-14(9-15)18(13)22/h7,13-15H,4-6,8-10H2,1-3H3/t13-,14-/m0/s1. The first-order valence-electron chi connectivity index (χ1n) is 8.75. The molecular weight excluding hydrogens is 306 g/mol. The van der Waals surface area contributed by atoms with E-state index in [9.17, 15) is 14.4 Å². The maximum absolute atomic E-state index is 12.3. The minimum absolute atomic E-state index is 0.0183. The zero-order chi connectivity index (χ0) is 17.4. The zero-order valence-electron chi connectivity index (χ0n) is 14.6. The van der Waals surface area contributed by atoms with Crippen LogP contribution < -0.4 is 0 Å². The average Bonchev–Trinajstić information content (AvgIpc) is 2.79. The Morgan fingerprint density at radius 3 is 2.38 bits per heavy atom. The van der Waals surface area contributed by atoms with E-state index in [1.54, 1.807) is 0 Å². The summed E-state index contributed by atoms with van der Waals surface area (Å²) in [5, 5.41) is 0. The fraction of sp³-hybridized carbons (Fsp3) is 0.632. The Hall–Kier alpha value is -1.91. The van der Waals surface area contributed by atoms with E-state index in [4.69, 9.17) is 4.74 Å². The number of hydrogen-bond donors (Lipinski definition) is 0. The Morgan fingerprint density at radius 1 is 1.21 bits per heavy atom. The molecule has 2 aliphatic carbocycles. The number of esters is 1. The van der Waals surface area contributed by atoms with Crippen molar-refractivity contribution in [3.63, 3.8) is 0 Å². The van der Waals surface area contributed by atoms with E-state index >= 15 is 0 Å². The lowest BCUT2D eigenvalue weighted by Crippen LogP contribution is -2.39. The van der Waals surface area contributed by atoms with Gasteiger partial charge in [0.25, 0.3) is 0 Å². The molecule has 2 fully saturated rings. The predicted molar refractivity (Wildman–Crippen MR) is 88.7 cm³/mol. The molecule has 0 aromatic carbocycles. The zero-order valence-corrected chi connectivity index (χ0v) is 14.6. The summed E-state index contributed by atoms with van der Waals surface area (Å²) in [5.41, 5.74) is 2.49. The molecule has 0 saturated heterocycles. The van der Waals surface area contributed by atoms with E-state index in [1.807, 2.05) is 31.5 Å². The second-order valence-electron chi connectivity index (χ2n) is 7.27. The van der Waals surface area contributed by atoms with Gasteiger partial charge in [0.05, 0.1) is 5.92 Å². The summed E-state index contributed by atoms with van der Waals surface area (Å²) in [7, 11) is 1.91. The van der Waals surface area contributed by atoms with Gasteiger partial charge in [0, 0.05) is 35.8 Å². The second-order valence-corrected chi connectivity index (χ2v) is 7.27. The summed E-state index contributed by atoms with van der Waals surface area (Å²) in [4.78, 5) is 36.7. The van der Waals surface area contributed by atoms with Crippen molar-refractivity contribution in [3.05, 3.63) is 23.0 Å². The molecular formula is C19H25NO4. The van der Waals surface area contributed by atoms with Gasteiger partial charge in [-0.15, -0.1) is 0 Å². The summed E-state index contributed by atoms with van der Waals surface area (Å²) in [6.07, 6.45) is 4.03. The molecule has 0 N–H and O–H groups in total. The first-order valence-corrected chi connectivity index (χ1v) is 8.75. The van der Waals surface area contributed by atoms with Gasteiger partial charge in [-0.2, -0.15) is 0 Å². The lowest BCUT2D eigenvalue weighted by molar-refractivity contribution is -0.152. The van der Waals surface area contributed by atoms with Gasteiger partial charge >= 0.3 is 5.97 Å². The summed E-state index contributed by atoms with van der Waals surface area (Å²) in [6.45, 7) is 3.60. The molecule has 5 nitrogen and oxygen atoms in total. The molecule has 2 bridgehead atoms. The first kappa shape index (κ1) is 16.9. The Labute approximate surface area is 142 Å². The molecule has 0 aliphatic heterocycles. The monoisotopic (exact) mass is 331 g/mol. The van der Waals surface area contributed by atoms with Crippen molar-refractivity contribution in [1.82, 2.24) is 4.57 Å². The number of aryl methyl sites for hydroxylation is 1. The van der Waals surface area contributed by atoms with Crippen LogP contribution in [0.5, 0.6) is 0 Å². The summed E-state index contributed by atoms with van der Waals surface area (Å²) in [5.74, 6) is -0.356. The van der Waals surface area contributed by atoms with Crippen molar-refractivity contribution in [3.8, 4) is 0 Å². The van der Waals surface area contributed by atoms with Crippen molar-refractivity contribution < 1.29 is 19.1 Å². The number of rotatable bonds is 4. The fourth-order valence-corrected chi connectivity index (χ4v) is 4.14. The smallest absolute Gasteiger partial charge is 0.309 e. The lowest BCUT2D eigenvalue weighted by Gasteiger charge is -2.36. The molecule has 0 amide bonds. The number of Topliss-reactive ketones (excluding diaryl/α,β-unsaturated/α-hetero) is 2. The Bertz CT molecular complexity index is 672. The molecule has 0 unspecified atom stereocenters. The highest BCUT2D eigenvalue weighted by atomic mass is 16.5. The quantitative estimate of drug-likeness (QED) is 0.628. The molecule has 1 aromatic rings. The van der Waals surface area contributed by atoms with Crippen LogP contribution in [0.3, 0.4) is 0 Å². The largest absolute Gasteiger partial charge is 0.457 e. The third kappa shape index (κ3) is 3.04. The number of ether oxygens (including phenoxy) is 1. The second kappa shape index (κ2) is 6.54. The van der Waals surface area contributed by atoms with Gasteiger partial charge in [-0.3, -0.25) is 14.4 Å². The molecule has 0 spiro atoms. The first-order chi connectivity index (χ1) is 11.4. The van der Waals surface area contributed by atoms with E-state index in [1.165, 1.54) is 0 Å².